The number of aryl methyl sites for hydroxylation is 1. The zero-order valence-electron chi connectivity index (χ0n) is 9.04. The van der Waals surface area contributed by atoms with Crippen molar-refractivity contribution < 1.29 is 17.9 Å². The number of nitrogens with zero attached hydrogens (tertiary/aromatic N) is 4. The predicted molar refractivity (Wildman–Crippen MR) is 56.1 cm³/mol. The molecule has 0 unspecified atom stereocenters. The van der Waals surface area contributed by atoms with E-state index in [2.05, 4.69) is 24.6 Å². The van der Waals surface area contributed by atoms with Gasteiger partial charge in [-0.3, -0.25) is 5.32 Å². The molecule has 0 aliphatic heterocycles. The van der Waals surface area contributed by atoms with E-state index in [1.165, 1.54) is 0 Å². The van der Waals surface area contributed by atoms with Crippen molar-refractivity contribution in [2.75, 3.05) is 11.9 Å². The van der Waals surface area contributed by atoms with Gasteiger partial charge in [0.05, 0.1) is 6.61 Å². The van der Waals surface area contributed by atoms with E-state index in [1.807, 2.05) is 0 Å². The Morgan fingerprint density at radius 2 is 2.12 bits per heavy atom. The Kier molecular flexibility index (Phi) is 4.46. The fourth-order valence-electron chi connectivity index (χ4n) is 0.893. The quantitative estimate of drug-likeness (QED) is 0.820. The van der Waals surface area contributed by atoms with E-state index in [9.17, 15) is 13.2 Å². The van der Waals surface area contributed by atoms with Crippen molar-refractivity contribution in [3.8, 4) is 6.01 Å². The Hall–Kier alpha value is -2.10. The fourth-order valence-corrected chi connectivity index (χ4v) is 1.07. The summed E-state index contributed by atoms with van der Waals surface area (Å²) >= 11 is 0. The first-order chi connectivity index (χ1) is 8.01. The van der Waals surface area contributed by atoms with Gasteiger partial charge >= 0.3 is 22.5 Å². The van der Waals surface area contributed by atoms with Gasteiger partial charge in [-0.25, -0.2) is 4.79 Å². The van der Waals surface area contributed by atoms with E-state index >= 15 is 0 Å². The molecule has 1 rings (SSSR count). The topological polar surface area (TPSA) is 124 Å². The highest BCUT2D eigenvalue weighted by molar-refractivity contribution is 7.62. The van der Waals surface area contributed by atoms with Crippen LogP contribution in [0.3, 0.4) is 0 Å². The van der Waals surface area contributed by atoms with Gasteiger partial charge in [0, 0.05) is 0 Å². The maximum absolute atomic E-state index is 11.0. The molecule has 0 spiro atoms. The highest BCUT2D eigenvalue weighted by Gasteiger charge is 2.07. The number of hydrogen-bond acceptors (Lipinski definition) is 7. The third-order valence-electron chi connectivity index (χ3n) is 1.38. The second-order valence-corrected chi connectivity index (χ2v) is 3.28. The molecule has 0 aliphatic carbocycles. The molecule has 92 valence electrons. The lowest BCUT2D eigenvalue weighted by Crippen LogP contribution is -2.11. The summed E-state index contributed by atoms with van der Waals surface area (Å²) < 4.78 is 28.0. The Balaban J connectivity index is 2.91. The Morgan fingerprint density at radius 3 is 2.71 bits per heavy atom. The summed E-state index contributed by atoms with van der Waals surface area (Å²) in [6, 6.07) is -1.05. The average Bonchev–Trinajstić information content (AvgIpc) is 2.14. The lowest BCUT2D eigenvalue weighted by molar-refractivity contribution is 0.259. The van der Waals surface area contributed by atoms with E-state index in [4.69, 9.17) is 4.74 Å². The summed E-state index contributed by atoms with van der Waals surface area (Å²) in [4.78, 5) is 22.3. The van der Waals surface area contributed by atoms with Crippen LogP contribution in [0.25, 0.3) is 0 Å². The molecule has 1 N–H and O–H groups in total. The number of anilines is 1. The lowest BCUT2D eigenvalue weighted by Gasteiger charge is -2.04. The number of hydrogen-bond donors (Lipinski definition) is 1. The van der Waals surface area contributed by atoms with E-state index < -0.39 is 16.5 Å². The number of carbonyl (C=O) groups is 1. The molecular formula is C7H9N5O4S. The van der Waals surface area contributed by atoms with Gasteiger partial charge in [-0.05, 0) is 13.8 Å². The third-order valence-corrected chi connectivity index (χ3v) is 1.69. The maximum atomic E-state index is 11.0. The summed E-state index contributed by atoms with van der Waals surface area (Å²) in [6.45, 7) is 3.67. The number of rotatable bonds is 3. The van der Waals surface area contributed by atoms with Crippen molar-refractivity contribution in [1.29, 1.82) is 0 Å². The zero-order valence-corrected chi connectivity index (χ0v) is 9.85. The summed E-state index contributed by atoms with van der Waals surface area (Å²) in [6.07, 6.45) is 0. The molecule has 0 saturated carbocycles. The van der Waals surface area contributed by atoms with Gasteiger partial charge in [0.1, 0.15) is 5.82 Å². The van der Waals surface area contributed by atoms with Crippen LogP contribution >= 0.6 is 0 Å². The molecule has 1 aromatic heterocycles. The molecule has 0 bridgehead atoms. The van der Waals surface area contributed by atoms with Crippen molar-refractivity contribution in [1.82, 2.24) is 15.0 Å². The molecule has 9 nitrogen and oxygen atoms in total. The van der Waals surface area contributed by atoms with Crippen molar-refractivity contribution in [2.45, 2.75) is 13.8 Å². The molecule has 10 heteroatoms. The predicted octanol–water partition coefficient (Wildman–Crippen LogP) is 0.173. The van der Waals surface area contributed by atoms with Gasteiger partial charge in [-0.15, -0.1) is 0 Å². The van der Waals surface area contributed by atoms with E-state index in [1.54, 1.807) is 13.8 Å². The number of carbonyl (C=O) groups excluding carboxylic acids is 1. The summed E-state index contributed by atoms with van der Waals surface area (Å²) in [5, 5.41) is 2.07. The van der Waals surface area contributed by atoms with Crippen molar-refractivity contribution in [2.24, 2.45) is 4.36 Å². The number of ether oxygens (including phenoxy) is 1. The molecular weight excluding hydrogens is 250 g/mol. The second kappa shape index (κ2) is 5.84. The largest absolute Gasteiger partial charge is 0.464 e. The zero-order chi connectivity index (χ0) is 12.8. The fraction of sp³-hybridized carbons (Fsp3) is 0.429. The minimum absolute atomic E-state index is 0.0403. The van der Waals surface area contributed by atoms with Crippen LogP contribution < -0.4 is 10.1 Å². The van der Waals surface area contributed by atoms with Crippen molar-refractivity contribution in [3.63, 3.8) is 0 Å². The molecule has 2 amide bonds. The van der Waals surface area contributed by atoms with Crippen LogP contribution in [-0.4, -0.2) is 36.0 Å². The van der Waals surface area contributed by atoms with Crippen molar-refractivity contribution >= 4 is 22.5 Å². The smallest absolute Gasteiger partial charge is 0.362 e. The minimum Gasteiger partial charge on any atom is -0.464 e. The Labute approximate surface area is 98.0 Å². The summed E-state index contributed by atoms with van der Waals surface area (Å²) in [5.41, 5.74) is 0. The molecule has 0 radical (unpaired) electrons. The number of nitrogens with one attached hydrogen (secondary N) is 1. The molecule has 0 aromatic carbocycles. The van der Waals surface area contributed by atoms with Crippen LogP contribution in [0.15, 0.2) is 4.36 Å². The monoisotopic (exact) mass is 259 g/mol. The van der Waals surface area contributed by atoms with Crippen LogP contribution in [-0.2, 0) is 10.5 Å². The number of amides is 2. The van der Waals surface area contributed by atoms with Crippen LogP contribution in [0, 0.1) is 6.92 Å². The van der Waals surface area contributed by atoms with Gasteiger partial charge in [-0.2, -0.15) is 23.4 Å². The van der Waals surface area contributed by atoms with E-state index in [0.29, 0.717) is 12.4 Å². The SMILES string of the molecule is CCOc1nc(C)nc(NC(=O)N=S(=O)=O)n1. The minimum atomic E-state index is -2.82. The maximum Gasteiger partial charge on any atom is 0.362 e. The van der Waals surface area contributed by atoms with Gasteiger partial charge in [0.15, 0.2) is 0 Å². The molecule has 1 aromatic rings. The molecule has 0 aliphatic rings. The molecule has 0 fully saturated rings. The van der Waals surface area contributed by atoms with Crippen LogP contribution in [0.5, 0.6) is 6.01 Å². The van der Waals surface area contributed by atoms with E-state index in [-0.39, 0.29) is 12.0 Å². The first-order valence-corrected chi connectivity index (χ1v) is 5.52. The van der Waals surface area contributed by atoms with Gasteiger partial charge in [0.25, 0.3) is 0 Å². The highest BCUT2D eigenvalue weighted by atomic mass is 32.2. The summed E-state index contributed by atoms with van der Waals surface area (Å²) in [5.74, 6) is 0.196. The number of urea groups is 1. The Bertz CT molecular complexity index is 547. The van der Waals surface area contributed by atoms with E-state index in [0.717, 1.165) is 0 Å². The molecule has 1 heterocycles. The summed E-state index contributed by atoms with van der Waals surface area (Å²) in [7, 11) is -2.82. The van der Waals surface area contributed by atoms with Crippen molar-refractivity contribution in [3.05, 3.63) is 5.82 Å². The second-order valence-electron chi connectivity index (χ2n) is 2.66. The first kappa shape index (κ1) is 13.0. The molecule has 0 atom stereocenters. The van der Waals surface area contributed by atoms with Crippen LogP contribution in [0.2, 0.25) is 0 Å². The highest BCUT2D eigenvalue weighted by Crippen LogP contribution is 2.07. The van der Waals surface area contributed by atoms with Crippen LogP contribution in [0.4, 0.5) is 10.7 Å². The first-order valence-electron chi connectivity index (χ1n) is 4.49. The molecule has 0 saturated heterocycles. The van der Waals surface area contributed by atoms with Gasteiger partial charge in [0.2, 0.25) is 5.95 Å². The average molecular weight is 259 g/mol. The third kappa shape index (κ3) is 4.51. The lowest BCUT2D eigenvalue weighted by atomic mass is 10.7. The number of aromatic nitrogens is 3. The molecule has 17 heavy (non-hydrogen) atoms. The van der Waals surface area contributed by atoms with Gasteiger partial charge < -0.3 is 4.74 Å². The van der Waals surface area contributed by atoms with Crippen LogP contribution in [0.1, 0.15) is 12.7 Å². The normalized spacial score (nSPS) is 9.53. The van der Waals surface area contributed by atoms with Gasteiger partial charge in [-0.1, -0.05) is 4.36 Å². The Morgan fingerprint density at radius 1 is 1.41 bits per heavy atom. The standard InChI is InChI=1S/C7H9N5O4S/c1-3-16-7-9-4(2)8-5(11-7)10-6(13)12-17(14)15/h3H2,1-2H3,(H,8,9,10,11,13).